The van der Waals surface area contributed by atoms with Crippen LogP contribution in [0, 0.1) is 20.7 Å². The Balaban J connectivity index is 3.56. The highest BCUT2D eigenvalue weighted by Crippen LogP contribution is 2.30. The predicted octanol–water partition coefficient (Wildman–Crippen LogP) is 3.83. The number of halogens is 4. The number of hydrogen-bond donors (Lipinski definition) is 0. The Morgan fingerprint density at radius 1 is 1.50 bits per heavy atom. The van der Waals surface area contributed by atoms with Crippen LogP contribution in [0.1, 0.15) is 5.56 Å². The van der Waals surface area contributed by atoms with Gasteiger partial charge in [-0.15, -0.1) is 0 Å². The minimum Gasteiger partial charge on any atom is -0.204 e. The highest BCUT2D eigenvalue weighted by atomic mass is 127. The molecule has 1 aromatic rings. The summed E-state index contributed by atoms with van der Waals surface area (Å²) < 4.78 is 14.8. The normalized spacial score (nSPS) is 9.58. The number of nitrogens with zero attached hydrogens (tertiary/aromatic N) is 1. The highest BCUT2D eigenvalue weighted by Gasteiger charge is 2.13. The molecule has 0 radical (unpaired) electrons. The summed E-state index contributed by atoms with van der Waals surface area (Å²) in [5, 5.41) is 8.60. The Morgan fingerprint density at radius 2 is 2.08 bits per heavy atom. The first kappa shape index (κ1) is 10.4. The van der Waals surface area contributed by atoms with Gasteiger partial charge in [0.1, 0.15) is 11.6 Å². The van der Waals surface area contributed by atoms with Crippen LogP contribution in [0.2, 0.25) is 0 Å². The van der Waals surface area contributed by atoms with Gasteiger partial charge in [0.05, 0.1) is 8.95 Å². The van der Waals surface area contributed by atoms with Crippen molar-refractivity contribution >= 4 is 54.5 Å². The van der Waals surface area contributed by atoms with Crippen molar-refractivity contribution in [2.75, 3.05) is 0 Å². The minimum atomic E-state index is -0.523. The third-order valence-electron chi connectivity index (χ3n) is 1.22. The molecule has 12 heavy (non-hydrogen) atoms. The molecule has 0 atom stereocenters. The van der Waals surface area contributed by atoms with E-state index in [-0.39, 0.29) is 5.56 Å². The summed E-state index contributed by atoms with van der Waals surface area (Å²) in [6, 6.07) is 3.40. The fourth-order valence-corrected chi connectivity index (χ4v) is 2.48. The Bertz CT molecular complexity index is 346. The first-order chi connectivity index (χ1) is 5.57. The van der Waals surface area contributed by atoms with E-state index in [0.29, 0.717) is 8.95 Å². The zero-order chi connectivity index (χ0) is 9.30. The second-order valence-electron chi connectivity index (χ2n) is 1.95. The van der Waals surface area contributed by atoms with Gasteiger partial charge in [0.2, 0.25) is 0 Å². The maximum atomic E-state index is 13.1. The van der Waals surface area contributed by atoms with E-state index in [1.54, 1.807) is 12.1 Å². The molecule has 1 nitrogen and oxygen atoms in total. The van der Waals surface area contributed by atoms with Gasteiger partial charge in [-0.05, 0) is 60.5 Å². The van der Waals surface area contributed by atoms with Gasteiger partial charge in [-0.1, -0.05) is 0 Å². The largest absolute Gasteiger partial charge is 0.204 e. The van der Waals surface area contributed by atoms with E-state index in [0.717, 1.165) is 3.57 Å². The van der Waals surface area contributed by atoms with Crippen LogP contribution >= 0.6 is 54.5 Å². The standard InChI is InChI=1S/C7HBr2FIN/c8-4-1-5(11)6(9)3(2-12)7(4)10/h1H. The molecule has 0 saturated carbocycles. The van der Waals surface area contributed by atoms with E-state index in [9.17, 15) is 4.39 Å². The van der Waals surface area contributed by atoms with Crippen LogP contribution in [0.3, 0.4) is 0 Å². The zero-order valence-electron chi connectivity index (χ0n) is 5.54. The molecule has 0 unspecified atom stereocenters. The molecule has 0 spiro atoms. The molecule has 0 aliphatic heterocycles. The molecule has 0 amide bonds. The van der Waals surface area contributed by atoms with Gasteiger partial charge >= 0.3 is 0 Å². The van der Waals surface area contributed by atoms with Crippen LogP contribution in [-0.4, -0.2) is 0 Å². The summed E-state index contributed by atoms with van der Waals surface area (Å²) in [5.74, 6) is -0.523. The average molecular weight is 405 g/mol. The molecule has 0 heterocycles. The summed E-state index contributed by atoms with van der Waals surface area (Å²) >= 11 is 8.18. The van der Waals surface area contributed by atoms with Crippen LogP contribution in [0.15, 0.2) is 15.0 Å². The summed E-state index contributed by atoms with van der Waals surface area (Å²) in [6.45, 7) is 0. The van der Waals surface area contributed by atoms with Gasteiger partial charge in [-0.25, -0.2) is 4.39 Å². The fraction of sp³-hybridized carbons (Fsp3) is 0. The lowest BCUT2D eigenvalue weighted by molar-refractivity contribution is 0.615. The minimum absolute atomic E-state index is 0.0359. The maximum absolute atomic E-state index is 13.1. The van der Waals surface area contributed by atoms with Crippen LogP contribution < -0.4 is 0 Å². The van der Waals surface area contributed by atoms with Crippen LogP contribution in [-0.2, 0) is 0 Å². The molecule has 0 fully saturated rings. The second kappa shape index (κ2) is 4.03. The number of benzene rings is 1. The highest BCUT2D eigenvalue weighted by molar-refractivity contribution is 14.1. The van der Waals surface area contributed by atoms with E-state index >= 15 is 0 Å². The Hall–Kier alpha value is 0.330. The van der Waals surface area contributed by atoms with E-state index in [4.69, 9.17) is 5.26 Å². The monoisotopic (exact) mass is 403 g/mol. The van der Waals surface area contributed by atoms with Gasteiger partial charge in [0, 0.05) is 3.57 Å². The van der Waals surface area contributed by atoms with Crippen molar-refractivity contribution in [3.8, 4) is 6.07 Å². The predicted molar refractivity (Wildman–Crippen MR) is 59.2 cm³/mol. The molecule has 0 N–H and O–H groups in total. The van der Waals surface area contributed by atoms with Crippen LogP contribution in [0.25, 0.3) is 0 Å². The smallest absolute Gasteiger partial charge is 0.156 e. The van der Waals surface area contributed by atoms with Crippen molar-refractivity contribution in [3.05, 3.63) is 30.0 Å². The Labute approximate surface area is 99.4 Å². The Kier molecular flexibility index (Phi) is 3.49. The van der Waals surface area contributed by atoms with E-state index in [2.05, 4.69) is 31.9 Å². The summed E-state index contributed by atoms with van der Waals surface area (Å²) in [7, 11) is 0. The van der Waals surface area contributed by atoms with Gasteiger partial charge in [0.15, 0.2) is 5.82 Å². The zero-order valence-corrected chi connectivity index (χ0v) is 10.9. The third-order valence-corrected chi connectivity index (χ3v) is 4.22. The van der Waals surface area contributed by atoms with Gasteiger partial charge in [-0.3, -0.25) is 0 Å². The summed E-state index contributed by atoms with van der Waals surface area (Å²) in [4.78, 5) is 0. The van der Waals surface area contributed by atoms with Crippen molar-refractivity contribution in [2.45, 2.75) is 0 Å². The van der Waals surface area contributed by atoms with Crippen molar-refractivity contribution < 1.29 is 4.39 Å². The van der Waals surface area contributed by atoms with Crippen molar-refractivity contribution in [1.29, 1.82) is 5.26 Å². The van der Waals surface area contributed by atoms with Crippen LogP contribution in [0.5, 0.6) is 0 Å². The topological polar surface area (TPSA) is 23.8 Å². The van der Waals surface area contributed by atoms with E-state index in [1.807, 2.05) is 22.6 Å². The van der Waals surface area contributed by atoms with E-state index in [1.165, 1.54) is 0 Å². The van der Waals surface area contributed by atoms with Gasteiger partial charge in [0.25, 0.3) is 0 Å². The lowest BCUT2D eigenvalue weighted by Crippen LogP contribution is -1.90. The van der Waals surface area contributed by atoms with Crippen LogP contribution in [0.4, 0.5) is 4.39 Å². The van der Waals surface area contributed by atoms with E-state index < -0.39 is 5.82 Å². The number of nitriles is 1. The average Bonchev–Trinajstić information content (AvgIpc) is 2.02. The SMILES string of the molecule is N#Cc1c(F)c(Br)cc(I)c1Br. The molecule has 0 aliphatic carbocycles. The summed E-state index contributed by atoms with van der Waals surface area (Å²) in [6.07, 6.45) is 0. The maximum Gasteiger partial charge on any atom is 0.156 e. The van der Waals surface area contributed by atoms with Gasteiger partial charge in [-0.2, -0.15) is 5.26 Å². The molecule has 1 rings (SSSR count). The lowest BCUT2D eigenvalue weighted by Gasteiger charge is -2.01. The number of rotatable bonds is 0. The second-order valence-corrected chi connectivity index (χ2v) is 4.76. The summed E-state index contributed by atoms with van der Waals surface area (Å²) in [5.41, 5.74) is 0.0359. The Morgan fingerprint density at radius 3 is 2.58 bits per heavy atom. The molecule has 1 aromatic carbocycles. The van der Waals surface area contributed by atoms with Crippen molar-refractivity contribution in [3.63, 3.8) is 0 Å². The molecule has 0 aromatic heterocycles. The van der Waals surface area contributed by atoms with Crippen molar-refractivity contribution in [2.24, 2.45) is 0 Å². The fourth-order valence-electron chi connectivity index (χ4n) is 0.671. The van der Waals surface area contributed by atoms with Crippen molar-refractivity contribution in [1.82, 2.24) is 0 Å². The molecular weight excluding hydrogens is 404 g/mol. The molecule has 0 saturated heterocycles. The van der Waals surface area contributed by atoms with Gasteiger partial charge < -0.3 is 0 Å². The molecule has 5 heteroatoms. The first-order valence-corrected chi connectivity index (χ1v) is 5.47. The molecule has 0 aliphatic rings. The lowest BCUT2D eigenvalue weighted by atomic mass is 10.2. The molecule has 0 bridgehead atoms. The first-order valence-electron chi connectivity index (χ1n) is 2.81. The third kappa shape index (κ3) is 1.80. The molecule has 62 valence electrons. The number of hydrogen-bond acceptors (Lipinski definition) is 1. The molecular formula is C7HBr2FIN. The quantitative estimate of drug-likeness (QED) is 0.476.